The minimum Gasteiger partial charge on any atom is -0.481 e. The van der Waals surface area contributed by atoms with Crippen LogP contribution < -0.4 is 0 Å². The lowest BCUT2D eigenvalue weighted by atomic mass is 10.2. The Hall–Kier alpha value is -1.11. The number of rotatable bonds is 5. The zero-order valence-electron chi connectivity index (χ0n) is 10.3. The first-order valence-corrected chi connectivity index (χ1v) is 7.93. The van der Waals surface area contributed by atoms with E-state index in [0.717, 1.165) is 25.7 Å². The lowest BCUT2D eigenvalue weighted by molar-refractivity contribution is -0.136. The van der Waals surface area contributed by atoms with Crippen LogP contribution in [0.3, 0.4) is 0 Å². The predicted molar refractivity (Wildman–Crippen MR) is 66.0 cm³/mol. The van der Waals surface area contributed by atoms with Gasteiger partial charge in [-0.1, -0.05) is 12.8 Å². The van der Waals surface area contributed by atoms with E-state index in [4.69, 9.17) is 5.11 Å². The van der Waals surface area contributed by atoms with E-state index >= 15 is 0 Å². The van der Waals surface area contributed by atoms with Crippen molar-refractivity contribution < 1.29 is 23.1 Å². The Balaban J connectivity index is 2.49. The van der Waals surface area contributed by atoms with Crippen LogP contribution in [0.1, 0.15) is 32.1 Å². The number of nitrogens with zero attached hydrogens (tertiary/aromatic N) is 1. The maximum absolute atomic E-state index is 11.8. The number of carboxylic acid groups (broad SMARTS) is 1. The molecule has 1 aliphatic rings. The van der Waals surface area contributed by atoms with E-state index in [1.165, 1.54) is 0 Å². The summed E-state index contributed by atoms with van der Waals surface area (Å²) in [6.45, 7) is 1.21. The van der Waals surface area contributed by atoms with Crippen molar-refractivity contribution in [1.29, 1.82) is 0 Å². The van der Waals surface area contributed by atoms with Crippen molar-refractivity contribution in [2.24, 2.45) is 0 Å². The van der Waals surface area contributed by atoms with Gasteiger partial charge < -0.3 is 10.0 Å². The number of hydrogen-bond acceptors (Lipinski definition) is 4. The monoisotopic (exact) mass is 277 g/mol. The van der Waals surface area contributed by atoms with Crippen LogP contribution in [-0.4, -0.2) is 54.9 Å². The lowest BCUT2D eigenvalue weighted by Crippen LogP contribution is -2.37. The second-order valence-electron chi connectivity index (χ2n) is 4.53. The van der Waals surface area contributed by atoms with Crippen LogP contribution in [0.2, 0.25) is 0 Å². The molecule has 1 saturated heterocycles. The average molecular weight is 277 g/mol. The molecule has 0 radical (unpaired) electrons. The number of carbonyl (C=O) groups excluding carboxylic acids is 1. The highest BCUT2D eigenvalue weighted by molar-refractivity contribution is 7.92. The molecule has 7 heteroatoms. The van der Waals surface area contributed by atoms with Crippen molar-refractivity contribution in [3.05, 3.63) is 0 Å². The summed E-state index contributed by atoms with van der Waals surface area (Å²) in [5.74, 6) is -2.61. The number of amides is 1. The number of likely N-dealkylation sites (tertiary alicyclic amines) is 1. The highest BCUT2D eigenvalue weighted by Gasteiger charge is 2.23. The summed E-state index contributed by atoms with van der Waals surface area (Å²) in [5.41, 5.74) is 0. The molecule has 0 atom stereocenters. The van der Waals surface area contributed by atoms with Crippen molar-refractivity contribution in [3.63, 3.8) is 0 Å². The summed E-state index contributed by atoms with van der Waals surface area (Å²) >= 11 is 0. The Labute approximate surface area is 107 Å². The van der Waals surface area contributed by atoms with Crippen molar-refractivity contribution in [3.8, 4) is 0 Å². The standard InChI is InChI=1S/C11H19NO5S/c13-10(12-6-3-1-2-4-7-12)9-18(16,17)8-5-11(14)15/h1-9H2,(H,14,15). The van der Waals surface area contributed by atoms with Crippen LogP contribution in [0.5, 0.6) is 0 Å². The number of carboxylic acids is 1. The van der Waals surface area contributed by atoms with Crippen LogP contribution in [0.4, 0.5) is 0 Å². The van der Waals surface area contributed by atoms with E-state index in [1.54, 1.807) is 4.90 Å². The molecule has 0 saturated carbocycles. The second-order valence-corrected chi connectivity index (χ2v) is 6.71. The number of aliphatic carboxylic acids is 1. The van der Waals surface area contributed by atoms with E-state index in [-0.39, 0.29) is 0 Å². The van der Waals surface area contributed by atoms with E-state index < -0.39 is 39.6 Å². The molecule has 1 heterocycles. The fourth-order valence-electron chi connectivity index (χ4n) is 1.91. The summed E-state index contributed by atoms with van der Waals surface area (Å²) in [6, 6.07) is 0. The molecular weight excluding hydrogens is 258 g/mol. The van der Waals surface area contributed by atoms with Gasteiger partial charge >= 0.3 is 5.97 Å². The summed E-state index contributed by atoms with van der Waals surface area (Å²) in [6.07, 6.45) is 3.49. The van der Waals surface area contributed by atoms with Gasteiger partial charge in [0.2, 0.25) is 5.91 Å². The lowest BCUT2D eigenvalue weighted by Gasteiger charge is -2.20. The summed E-state index contributed by atoms with van der Waals surface area (Å²) < 4.78 is 23.1. The average Bonchev–Trinajstić information content (AvgIpc) is 2.54. The first-order valence-electron chi connectivity index (χ1n) is 6.11. The molecule has 18 heavy (non-hydrogen) atoms. The zero-order chi connectivity index (χ0) is 13.6. The Morgan fingerprint density at radius 3 is 2.11 bits per heavy atom. The van der Waals surface area contributed by atoms with Crippen LogP contribution in [-0.2, 0) is 19.4 Å². The molecule has 104 valence electrons. The van der Waals surface area contributed by atoms with Gasteiger partial charge in [-0.15, -0.1) is 0 Å². The van der Waals surface area contributed by atoms with E-state index in [1.807, 2.05) is 0 Å². The third-order valence-electron chi connectivity index (χ3n) is 2.93. The molecule has 1 N–H and O–H groups in total. The molecule has 1 amide bonds. The van der Waals surface area contributed by atoms with Crippen LogP contribution >= 0.6 is 0 Å². The van der Waals surface area contributed by atoms with Crippen LogP contribution in [0, 0.1) is 0 Å². The first kappa shape index (κ1) is 14.9. The number of sulfone groups is 1. The molecule has 1 fully saturated rings. The van der Waals surface area contributed by atoms with Gasteiger partial charge in [0.05, 0.1) is 12.2 Å². The molecule has 6 nitrogen and oxygen atoms in total. The quantitative estimate of drug-likeness (QED) is 0.779. The molecule has 0 aliphatic carbocycles. The van der Waals surface area contributed by atoms with Crippen LogP contribution in [0.15, 0.2) is 0 Å². The highest BCUT2D eigenvalue weighted by atomic mass is 32.2. The highest BCUT2D eigenvalue weighted by Crippen LogP contribution is 2.10. The molecule has 0 unspecified atom stereocenters. The Bertz CT molecular complexity index is 396. The minimum atomic E-state index is -3.61. The SMILES string of the molecule is O=C(O)CCS(=O)(=O)CC(=O)N1CCCCCC1. The van der Waals surface area contributed by atoms with Gasteiger partial charge in [0, 0.05) is 13.1 Å². The number of carbonyl (C=O) groups is 2. The van der Waals surface area contributed by atoms with Crippen molar-refractivity contribution in [2.75, 3.05) is 24.6 Å². The third-order valence-corrected chi connectivity index (χ3v) is 4.44. The predicted octanol–water partition coefficient (Wildman–Crippen LogP) is 0.278. The molecule has 0 spiro atoms. The van der Waals surface area contributed by atoms with E-state index in [2.05, 4.69) is 0 Å². The molecule has 0 bridgehead atoms. The largest absolute Gasteiger partial charge is 0.481 e. The molecule has 1 rings (SSSR count). The van der Waals surface area contributed by atoms with Crippen molar-refractivity contribution in [1.82, 2.24) is 4.90 Å². The second kappa shape index (κ2) is 6.72. The molecule has 1 aliphatic heterocycles. The smallest absolute Gasteiger partial charge is 0.304 e. The Morgan fingerprint density at radius 2 is 1.61 bits per heavy atom. The fourth-order valence-corrected chi connectivity index (χ4v) is 3.10. The Morgan fingerprint density at radius 1 is 1.06 bits per heavy atom. The normalized spacial score (nSPS) is 17.2. The van der Waals surface area contributed by atoms with Gasteiger partial charge in [-0.2, -0.15) is 0 Å². The molecule has 0 aromatic rings. The van der Waals surface area contributed by atoms with E-state index in [0.29, 0.717) is 13.1 Å². The van der Waals surface area contributed by atoms with E-state index in [9.17, 15) is 18.0 Å². The molecular formula is C11H19NO5S. The number of hydrogen-bond donors (Lipinski definition) is 1. The fraction of sp³-hybridized carbons (Fsp3) is 0.818. The van der Waals surface area contributed by atoms with Gasteiger partial charge in [-0.3, -0.25) is 9.59 Å². The van der Waals surface area contributed by atoms with Gasteiger partial charge in [0.1, 0.15) is 5.75 Å². The molecule has 0 aromatic carbocycles. The van der Waals surface area contributed by atoms with Gasteiger partial charge in [-0.05, 0) is 12.8 Å². The van der Waals surface area contributed by atoms with Gasteiger partial charge in [0.15, 0.2) is 9.84 Å². The summed E-state index contributed by atoms with van der Waals surface area (Å²) in [5, 5.41) is 8.44. The maximum atomic E-state index is 11.8. The zero-order valence-corrected chi connectivity index (χ0v) is 11.1. The first-order chi connectivity index (χ1) is 8.41. The topological polar surface area (TPSA) is 91.7 Å². The maximum Gasteiger partial charge on any atom is 0.304 e. The summed E-state index contributed by atoms with van der Waals surface area (Å²) in [7, 11) is -3.61. The summed E-state index contributed by atoms with van der Waals surface area (Å²) in [4.78, 5) is 23.7. The van der Waals surface area contributed by atoms with Crippen LogP contribution in [0.25, 0.3) is 0 Å². The Kier molecular flexibility index (Phi) is 5.58. The van der Waals surface area contributed by atoms with Gasteiger partial charge in [-0.25, -0.2) is 8.42 Å². The van der Waals surface area contributed by atoms with Crippen molar-refractivity contribution in [2.45, 2.75) is 32.1 Å². The third kappa shape index (κ3) is 5.48. The minimum absolute atomic E-state index is 0.401. The molecule has 0 aromatic heterocycles. The van der Waals surface area contributed by atoms with Crippen molar-refractivity contribution >= 4 is 21.7 Å². The van der Waals surface area contributed by atoms with Gasteiger partial charge in [0.25, 0.3) is 0 Å².